The molecule has 62 valence electrons. The molecule has 0 fully saturated rings. The number of halogens is 1. The van der Waals surface area contributed by atoms with Gasteiger partial charge in [-0.05, 0) is 22.6 Å². The highest BCUT2D eigenvalue weighted by molar-refractivity contribution is 14.1. The van der Waals surface area contributed by atoms with Crippen molar-refractivity contribution < 1.29 is 5.11 Å². The highest BCUT2D eigenvalue weighted by Crippen LogP contribution is 2.08. The van der Waals surface area contributed by atoms with Crippen molar-refractivity contribution >= 4 is 22.6 Å². The van der Waals surface area contributed by atoms with E-state index in [1.54, 1.807) is 12.4 Å². The van der Waals surface area contributed by atoms with Crippen LogP contribution in [0.2, 0.25) is 0 Å². The summed E-state index contributed by atoms with van der Waals surface area (Å²) in [6.45, 7) is -0.239. The molecule has 0 amide bonds. The van der Waals surface area contributed by atoms with Crippen molar-refractivity contribution in [1.82, 2.24) is 9.97 Å². The molecule has 12 heavy (non-hydrogen) atoms. The van der Waals surface area contributed by atoms with E-state index in [4.69, 9.17) is 10.4 Å². The average molecular weight is 275 g/mol. The van der Waals surface area contributed by atoms with Gasteiger partial charge in [0, 0.05) is 16.0 Å². The topological polar surface area (TPSA) is 69.8 Å². The summed E-state index contributed by atoms with van der Waals surface area (Å²) in [6, 6.07) is 1.91. The van der Waals surface area contributed by atoms with E-state index in [1.807, 2.05) is 6.07 Å². The lowest BCUT2D eigenvalue weighted by Crippen LogP contribution is -2.06. The first-order valence-electron chi connectivity index (χ1n) is 3.26. The molecule has 1 aromatic rings. The molecule has 1 atom stereocenters. The number of hydrogen-bond donors (Lipinski definition) is 1. The number of nitriles is 1. The minimum atomic E-state index is -0.609. The van der Waals surface area contributed by atoms with Gasteiger partial charge in [-0.15, -0.1) is 0 Å². The largest absolute Gasteiger partial charge is 0.395 e. The third kappa shape index (κ3) is 2.12. The van der Waals surface area contributed by atoms with Crippen LogP contribution in [0.25, 0.3) is 0 Å². The molecule has 0 saturated heterocycles. The number of aliphatic hydroxyl groups excluding tert-OH is 1. The van der Waals surface area contributed by atoms with Gasteiger partial charge in [0.2, 0.25) is 0 Å². The Morgan fingerprint density at radius 1 is 1.58 bits per heavy atom. The first-order chi connectivity index (χ1) is 5.77. The fourth-order valence-electron chi connectivity index (χ4n) is 0.682. The zero-order chi connectivity index (χ0) is 8.97. The number of hydrogen-bond acceptors (Lipinski definition) is 4. The van der Waals surface area contributed by atoms with Crippen molar-refractivity contribution in [3.8, 4) is 6.07 Å². The van der Waals surface area contributed by atoms with E-state index in [9.17, 15) is 0 Å². The maximum Gasteiger partial charge on any atom is 0.147 e. The van der Waals surface area contributed by atoms with Gasteiger partial charge < -0.3 is 5.11 Å². The van der Waals surface area contributed by atoms with E-state index >= 15 is 0 Å². The quantitative estimate of drug-likeness (QED) is 0.806. The van der Waals surface area contributed by atoms with E-state index < -0.39 is 5.92 Å². The lowest BCUT2D eigenvalue weighted by atomic mass is 10.2. The highest BCUT2D eigenvalue weighted by Gasteiger charge is 2.11. The van der Waals surface area contributed by atoms with Gasteiger partial charge in [0.05, 0.1) is 12.7 Å². The molecule has 1 unspecified atom stereocenters. The second-order valence-electron chi connectivity index (χ2n) is 2.12. The molecule has 1 N–H and O–H groups in total. The average Bonchev–Trinajstić information content (AvgIpc) is 2.10. The van der Waals surface area contributed by atoms with Gasteiger partial charge >= 0.3 is 0 Å². The summed E-state index contributed by atoms with van der Waals surface area (Å²) in [7, 11) is 0. The first-order valence-corrected chi connectivity index (χ1v) is 4.33. The molecule has 0 aliphatic heterocycles. The van der Waals surface area contributed by atoms with Crippen LogP contribution >= 0.6 is 22.6 Å². The van der Waals surface area contributed by atoms with Gasteiger partial charge in [-0.1, -0.05) is 0 Å². The van der Waals surface area contributed by atoms with Crippen molar-refractivity contribution in [2.24, 2.45) is 0 Å². The minimum Gasteiger partial charge on any atom is -0.395 e. The summed E-state index contributed by atoms with van der Waals surface area (Å²) in [6.07, 6.45) is 3.23. The second kappa shape index (κ2) is 4.33. The Balaban J connectivity index is 2.89. The zero-order valence-electron chi connectivity index (χ0n) is 6.11. The Labute approximate surface area is 83.4 Å². The maximum absolute atomic E-state index is 8.74. The predicted molar refractivity (Wildman–Crippen MR) is 50.2 cm³/mol. The number of nitrogens with zero attached hydrogens (tertiary/aromatic N) is 3. The van der Waals surface area contributed by atoms with Crippen molar-refractivity contribution in [3.05, 3.63) is 21.8 Å². The monoisotopic (exact) mass is 275 g/mol. The Bertz CT molecular complexity index is 293. The van der Waals surface area contributed by atoms with Crippen LogP contribution in [0.1, 0.15) is 11.7 Å². The molecule has 5 heteroatoms. The molecule has 1 rings (SSSR count). The Morgan fingerprint density at radius 2 is 2.17 bits per heavy atom. The van der Waals surface area contributed by atoms with Gasteiger partial charge in [0.1, 0.15) is 11.7 Å². The van der Waals surface area contributed by atoms with Crippen molar-refractivity contribution in [2.75, 3.05) is 6.61 Å². The standard InChI is InChI=1S/C7H6IN3O/c8-6-2-10-7(11-3-6)5(1-9)4-12/h2-3,5,12H,4H2. The van der Waals surface area contributed by atoms with Crippen LogP contribution in [0.3, 0.4) is 0 Å². The van der Waals surface area contributed by atoms with Gasteiger partial charge in [-0.3, -0.25) is 0 Å². The van der Waals surface area contributed by atoms with Crippen LogP contribution in [0.5, 0.6) is 0 Å². The lowest BCUT2D eigenvalue weighted by molar-refractivity contribution is 0.282. The molecule has 0 aliphatic carbocycles. The molecule has 0 saturated carbocycles. The third-order valence-corrected chi connectivity index (χ3v) is 1.85. The molecular weight excluding hydrogens is 269 g/mol. The molecule has 0 aromatic carbocycles. The molecule has 0 aliphatic rings. The molecule has 4 nitrogen and oxygen atoms in total. The normalized spacial score (nSPS) is 12.1. The van der Waals surface area contributed by atoms with E-state index in [1.165, 1.54) is 0 Å². The molecule has 1 aromatic heterocycles. The lowest BCUT2D eigenvalue weighted by Gasteiger charge is -2.01. The van der Waals surface area contributed by atoms with E-state index in [-0.39, 0.29) is 6.61 Å². The summed E-state index contributed by atoms with van der Waals surface area (Å²) in [5.41, 5.74) is 0. The van der Waals surface area contributed by atoms with E-state index in [0.29, 0.717) is 5.82 Å². The highest BCUT2D eigenvalue weighted by atomic mass is 127. The number of rotatable bonds is 2. The number of aliphatic hydroxyl groups is 1. The maximum atomic E-state index is 8.74. The fourth-order valence-corrected chi connectivity index (χ4v) is 0.961. The summed E-state index contributed by atoms with van der Waals surface area (Å²) in [4.78, 5) is 7.84. The number of aromatic nitrogens is 2. The van der Waals surface area contributed by atoms with Crippen molar-refractivity contribution in [2.45, 2.75) is 5.92 Å². The minimum absolute atomic E-state index is 0.239. The molecule has 0 bridgehead atoms. The van der Waals surface area contributed by atoms with Crippen LogP contribution < -0.4 is 0 Å². The van der Waals surface area contributed by atoms with Crippen LogP contribution in [0, 0.1) is 14.9 Å². The third-order valence-electron chi connectivity index (χ3n) is 1.29. The van der Waals surface area contributed by atoms with Gasteiger partial charge in [0.25, 0.3) is 0 Å². The van der Waals surface area contributed by atoms with Gasteiger partial charge in [-0.2, -0.15) is 5.26 Å². The van der Waals surface area contributed by atoms with Crippen LogP contribution in [-0.4, -0.2) is 21.7 Å². The summed E-state index contributed by atoms with van der Waals surface area (Å²) < 4.78 is 0.908. The smallest absolute Gasteiger partial charge is 0.147 e. The van der Waals surface area contributed by atoms with Crippen LogP contribution in [-0.2, 0) is 0 Å². The predicted octanol–water partition coefficient (Wildman–Crippen LogP) is 0.681. The SMILES string of the molecule is N#CC(CO)c1ncc(I)cn1. The summed E-state index contributed by atoms with van der Waals surface area (Å²) in [5, 5.41) is 17.3. The van der Waals surface area contributed by atoms with E-state index in [0.717, 1.165) is 3.57 Å². The first kappa shape index (κ1) is 9.35. The zero-order valence-corrected chi connectivity index (χ0v) is 8.26. The summed E-state index contributed by atoms with van der Waals surface area (Å²) >= 11 is 2.07. The van der Waals surface area contributed by atoms with E-state index in [2.05, 4.69) is 32.6 Å². The van der Waals surface area contributed by atoms with Crippen molar-refractivity contribution in [1.29, 1.82) is 5.26 Å². The second-order valence-corrected chi connectivity index (χ2v) is 3.37. The fraction of sp³-hybridized carbons (Fsp3) is 0.286. The Hall–Kier alpha value is -0.740. The van der Waals surface area contributed by atoms with Crippen LogP contribution in [0.15, 0.2) is 12.4 Å². The molecule has 0 spiro atoms. The van der Waals surface area contributed by atoms with Gasteiger partial charge in [0.15, 0.2) is 0 Å². The Morgan fingerprint density at radius 3 is 2.58 bits per heavy atom. The van der Waals surface area contributed by atoms with Crippen LogP contribution in [0.4, 0.5) is 0 Å². The Kier molecular flexibility index (Phi) is 3.37. The summed E-state index contributed by atoms with van der Waals surface area (Å²) in [5.74, 6) is -0.234. The molecule has 1 heterocycles. The van der Waals surface area contributed by atoms with Crippen molar-refractivity contribution in [3.63, 3.8) is 0 Å². The van der Waals surface area contributed by atoms with Gasteiger partial charge in [-0.25, -0.2) is 9.97 Å². The molecular formula is C7H6IN3O. The molecule has 0 radical (unpaired) electrons.